The minimum Gasteiger partial charge on any atom is -0.496 e. The lowest BCUT2D eigenvalue weighted by Gasteiger charge is -2.19. The van der Waals surface area contributed by atoms with Crippen LogP contribution in [0.3, 0.4) is 0 Å². The number of rotatable bonds is 5. The summed E-state index contributed by atoms with van der Waals surface area (Å²) in [6.45, 7) is 0. The van der Waals surface area contributed by atoms with Crippen molar-refractivity contribution in [3.63, 3.8) is 0 Å². The summed E-state index contributed by atoms with van der Waals surface area (Å²) in [7, 11) is 4.70. The second-order valence-electron chi connectivity index (χ2n) is 4.20. The number of hydrogen-bond donors (Lipinski definition) is 1. The highest BCUT2D eigenvalue weighted by molar-refractivity contribution is 7.20. The Morgan fingerprint density at radius 1 is 1.00 bits per heavy atom. The van der Waals surface area contributed by atoms with Gasteiger partial charge in [0.2, 0.25) is 0 Å². The molecule has 7 heteroatoms. The van der Waals surface area contributed by atoms with E-state index in [2.05, 4.69) is 0 Å². The zero-order chi connectivity index (χ0) is 15.6. The fourth-order valence-corrected chi connectivity index (χ4v) is 3.61. The summed E-state index contributed by atoms with van der Waals surface area (Å²) in [5.74, 6) is 1.75. The van der Waals surface area contributed by atoms with E-state index < -0.39 is 6.04 Å². The Hall–Kier alpha value is -1.14. The van der Waals surface area contributed by atoms with Gasteiger partial charge in [-0.15, -0.1) is 11.3 Å². The molecule has 1 aromatic carbocycles. The Kier molecular flexibility index (Phi) is 5.22. The first-order chi connectivity index (χ1) is 10.0. The molecule has 0 fully saturated rings. The Bertz CT molecular complexity index is 620. The van der Waals surface area contributed by atoms with Crippen LogP contribution in [0.1, 0.15) is 17.2 Å². The maximum Gasteiger partial charge on any atom is 0.131 e. The van der Waals surface area contributed by atoms with E-state index in [1.54, 1.807) is 39.5 Å². The van der Waals surface area contributed by atoms with Crippen molar-refractivity contribution in [3.05, 3.63) is 38.0 Å². The summed E-state index contributed by atoms with van der Waals surface area (Å²) in [6.07, 6.45) is 0. The lowest BCUT2D eigenvalue weighted by molar-refractivity contribution is 0.366. The van der Waals surface area contributed by atoms with Crippen LogP contribution in [0, 0.1) is 0 Å². The number of benzene rings is 1. The molecule has 21 heavy (non-hydrogen) atoms. The monoisotopic (exact) mass is 347 g/mol. The first kappa shape index (κ1) is 16.2. The maximum atomic E-state index is 6.34. The molecule has 2 N–H and O–H groups in total. The van der Waals surface area contributed by atoms with Gasteiger partial charge < -0.3 is 19.9 Å². The number of methoxy groups -OCH3 is 3. The molecule has 1 aromatic heterocycles. The summed E-state index contributed by atoms with van der Waals surface area (Å²) in [5.41, 5.74) is 7.76. The molecule has 0 aliphatic rings. The Balaban J connectivity index is 2.58. The fraction of sp³-hybridized carbons (Fsp3) is 0.286. The second-order valence-corrected chi connectivity index (χ2v) is 6.49. The number of thiophene rings is 1. The molecule has 1 unspecified atom stereocenters. The van der Waals surface area contributed by atoms with E-state index >= 15 is 0 Å². The minimum atomic E-state index is -0.517. The van der Waals surface area contributed by atoms with Crippen molar-refractivity contribution in [2.75, 3.05) is 21.3 Å². The van der Waals surface area contributed by atoms with Gasteiger partial charge in [0, 0.05) is 17.7 Å². The molecule has 2 rings (SSSR count). The highest BCUT2D eigenvalue weighted by atomic mass is 35.5. The molecule has 0 saturated carbocycles. The van der Waals surface area contributed by atoms with E-state index in [1.165, 1.54) is 11.3 Å². The van der Waals surface area contributed by atoms with Crippen molar-refractivity contribution in [1.29, 1.82) is 0 Å². The van der Waals surface area contributed by atoms with E-state index in [9.17, 15) is 0 Å². The molecule has 114 valence electrons. The van der Waals surface area contributed by atoms with Crippen LogP contribution in [-0.4, -0.2) is 21.3 Å². The van der Waals surface area contributed by atoms with Gasteiger partial charge >= 0.3 is 0 Å². The molecule has 0 spiro atoms. The molecule has 1 heterocycles. The molecule has 0 radical (unpaired) electrons. The quantitative estimate of drug-likeness (QED) is 0.883. The molecule has 0 aliphatic carbocycles. The van der Waals surface area contributed by atoms with Gasteiger partial charge in [0.1, 0.15) is 17.2 Å². The number of hydrogen-bond acceptors (Lipinski definition) is 5. The van der Waals surface area contributed by atoms with Crippen LogP contribution >= 0.6 is 34.5 Å². The highest BCUT2D eigenvalue weighted by Gasteiger charge is 2.24. The van der Waals surface area contributed by atoms with Gasteiger partial charge in [0.05, 0.1) is 41.6 Å². The zero-order valence-corrected chi connectivity index (χ0v) is 14.1. The summed E-state index contributed by atoms with van der Waals surface area (Å²) in [6, 6.07) is 4.73. The largest absolute Gasteiger partial charge is 0.496 e. The molecule has 1 atom stereocenters. The van der Waals surface area contributed by atoms with Gasteiger partial charge in [0.15, 0.2) is 0 Å². The second kappa shape index (κ2) is 6.75. The summed E-state index contributed by atoms with van der Waals surface area (Å²) in [5, 5.41) is 0. The molecule has 0 bridgehead atoms. The van der Waals surface area contributed by atoms with Crippen LogP contribution in [0.25, 0.3) is 0 Å². The van der Waals surface area contributed by atoms with Crippen molar-refractivity contribution in [2.24, 2.45) is 5.73 Å². The molecular formula is C14H15Cl2NO3S. The molecular weight excluding hydrogens is 333 g/mol. The van der Waals surface area contributed by atoms with Gasteiger partial charge in [-0.25, -0.2) is 0 Å². The van der Waals surface area contributed by atoms with Crippen molar-refractivity contribution >= 4 is 34.5 Å². The van der Waals surface area contributed by atoms with E-state index in [1.807, 2.05) is 0 Å². The minimum absolute atomic E-state index is 0.517. The normalized spacial score (nSPS) is 12.1. The van der Waals surface area contributed by atoms with Gasteiger partial charge in [-0.2, -0.15) is 0 Å². The van der Waals surface area contributed by atoms with Gasteiger partial charge in [-0.1, -0.05) is 23.2 Å². The molecule has 4 nitrogen and oxygen atoms in total. The summed E-state index contributed by atoms with van der Waals surface area (Å²) in [4.78, 5) is 0. The average Bonchev–Trinajstić information content (AvgIpc) is 2.83. The summed E-state index contributed by atoms with van der Waals surface area (Å²) < 4.78 is 17.2. The van der Waals surface area contributed by atoms with Crippen LogP contribution in [0.15, 0.2) is 18.2 Å². The van der Waals surface area contributed by atoms with Gasteiger partial charge in [-0.05, 0) is 6.07 Å². The smallest absolute Gasteiger partial charge is 0.131 e. The third-order valence-corrected chi connectivity index (χ3v) is 4.60. The SMILES string of the molecule is COc1cc(OC)c(C(N)c2cc(Cl)sc2Cl)c(OC)c1. The predicted molar refractivity (Wildman–Crippen MR) is 86.5 cm³/mol. The van der Waals surface area contributed by atoms with E-state index in [0.717, 1.165) is 5.56 Å². The molecule has 2 aromatic rings. The van der Waals surface area contributed by atoms with Crippen molar-refractivity contribution in [1.82, 2.24) is 0 Å². The number of ether oxygens (including phenoxy) is 3. The van der Waals surface area contributed by atoms with Crippen LogP contribution in [0.5, 0.6) is 17.2 Å². The zero-order valence-electron chi connectivity index (χ0n) is 11.8. The lowest BCUT2D eigenvalue weighted by Crippen LogP contribution is -2.14. The lowest BCUT2D eigenvalue weighted by atomic mass is 9.99. The standard InChI is InChI=1S/C14H15Cl2NO3S/c1-18-7-4-9(19-2)12(10(5-7)20-3)13(17)8-6-11(15)21-14(8)16/h4-6,13H,17H2,1-3H3. The van der Waals surface area contributed by atoms with Crippen molar-refractivity contribution in [3.8, 4) is 17.2 Å². The third-order valence-electron chi connectivity index (χ3n) is 3.08. The van der Waals surface area contributed by atoms with E-state index in [0.29, 0.717) is 31.5 Å². The van der Waals surface area contributed by atoms with Crippen LogP contribution in [-0.2, 0) is 0 Å². The highest BCUT2D eigenvalue weighted by Crippen LogP contribution is 2.43. The van der Waals surface area contributed by atoms with Gasteiger partial charge in [0.25, 0.3) is 0 Å². The Morgan fingerprint density at radius 3 is 1.95 bits per heavy atom. The van der Waals surface area contributed by atoms with Crippen molar-refractivity contribution < 1.29 is 14.2 Å². The Labute approximate surface area is 137 Å². The average molecular weight is 348 g/mol. The topological polar surface area (TPSA) is 53.7 Å². The number of nitrogens with two attached hydrogens (primary N) is 1. The van der Waals surface area contributed by atoms with Crippen LogP contribution in [0.2, 0.25) is 8.67 Å². The third kappa shape index (κ3) is 3.21. The van der Waals surface area contributed by atoms with Crippen LogP contribution in [0.4, 0.5) is 0 Å². The van der Waals surface area contributed by atoms with E-state index in [-0.39, 0.29) is 0 Å². The maximum absolute atomic E-state index is 6.34. The molecule has 0 aliphatic heterocycles. The first-order valence-corrected chi connectivity index (χ1v) is 7.59. The molecule has 0 amide bonds. The predicted octanol–water partition coefficient (Wildman–Crippen LogP) is 4.13. The van der Waals surface area contributed by atoms with Crippen LogP contribution < -0.4 is 19.9 Å². The molecule has 0 saturated heterocycles. The Morgan fingerprint density at radius 2 is 1.57 bits per heavy atom. The number of halogens is 2. The van der Waals surface area contributed by atoms with Gasteiger partial charge in [-0.3, -0.25) is 0 Å². The first-order valence-electron chi connectivity index (χ1n) is 6.02. The van der Waals surface area contributed by atoms with Crippen molar-refractivity contribution in [2.45, 2.75) is 6.04 Å². The van der Waals surface area contributed by atoms with E-state index in [4.69, 9.17) is 43.1 Å². The fourth-order valence-electron chi connectivity index (χ4n) is 2.06. The summed E-state index contributed by atoms with van der Waals surface area (Å²) >= 11 is 13.4.